The molecule has 13 heavy (non-hydrogen) atoms. The third-order valence-electron chi connectivity index (χ3n) is 5.11. The van der Waals surface area contributed by atoms with Crippen molar-refractivity contribution in [3.63, 3.8) is 0 Å². The molecule has 2 aliphatic carbocycles. The van der Waals surface area contributed by atoms with E-state index in [9.17, 15) is 0 Å². The van der Waals surface area contributed by atoms with Crippen LogP contribution in [0.1, 0.15) is 52.4 Å². The van der Waals surface area contributed by atoms with Crippen LogP contribution in [0.5, 0.6) is 0 Å². The predicted octanol–water partition coefficient (Wildman–Crippen LogP) is 4.25. The van der Waals surface area contributed by atoms with Gasteiger partial charge < -0.3 is 0 Å². The van der Waals surface area contributed by atoms with Gasteiger partial charge in [-0.25, -0.2) is 0 Å². The van der Waals surface area contributed by atoms with Crippen molar-refractivity contribution in [2.75, 3.05) is 0 Å². The molecule has 1 heteroatoms. The average Bonchev–Trinajstić information content (AvgIpc) is 2.59. The molecule has 74 valence electrons. The Kier molecular flexibility index (Phi) is 2.46. The van der Waals surface area contributed by atoms with E-state index >= 15 is 0 Å². The molecule has 0 amide bonds. The average molecular weight is 178 g/mol. The SMILES string of the molecule is CB(C(C)C)C12CCCC1CCC2. The number of fused-ring (bicyclic) bond motifs is 1. The second-order valence-corrected chi connectivity index (χ2v) is 5.75. The van der Waals surface area contributed by atoms with Crippen LogP contribution in [-0.4, -0.2) is 6.71 Å². The Balaban J connectivity index is 2.17. The fraction of sp³-hybridized carbons (Fsp3) is 1.00. The van der Waals surface area contributed by atoms with Crippen molar-refractivity contribution in [3.8, 4) is 0 Å². The monoisotopic (exact) mass is 178 g/mol. The highest BCUT2D eigenvalue weighted by atomic mass is 14.5. The zero-order valence-corrected chi connectivity index (χ0v) is 9.47. The molecule has 0 N–H and O–H groups in total. The zero-order valence-electron chi connectivity index (χ0n) is 9.47. The molecular weight excluding hydrogens is 155 g/mol. The van der Waals surface area contributed by atoms with Crippen molar-refractivity contribution in [2.45, 2.75) is 70.3 Å². The van der Waals surface area contributed by atoms with Crippen LogP contribution in [0.3, 0.4) is 0 Å². The summed E-state index contributed by atoms with van der Waals surface area (Å²) in [6, 6.07) is 0. The molecule has 0 aromatic heterocycles. The molecule has 0 radical (unpaired) electrons. The molecule has 2 aliphatic rings. The predicted molar refractivity (Wildman–Crippen MR) is 60.6 cm³/mol. The van der Waals surface area contributed by atoms with Crippen LogP contribution in [0.25, 0.3) is 0 Å². The minimum Gasteiger partial charge on any atom is -0.0854 e. The standard InChI is InChI=1S/C12H23B/c1-10(2)13(3)12-8-4-6-11(12)7-5-9-12/h10-11H,4-9H2,1-3H3. The summed E-state index contributed by atoms with van der Waals surface area (Å²) in [7, 11) is 0. The van der Waals surface area contributed by atoms with E-state index in [2.05, 4.69) is 20.7 Å². The topological polar surface area (TPSA) is 0 Å². The van der Waals surface area contributed by atoms with Crippen molar-refractivity contribution < 1.29 is 0 Å². The van der Waals surface area contributed by atoms with Crippen molar-refractivity contribution >= 4 is 6.71 Å². The summed E-state index contributed by atoms with van der Waals surface area (Å²) >= 11 is 0. The Morgan fingerprint density at radius 3 is 2.15 bits per heavy atom. The van der Waals surface area contributed by atoms with E-state index in [0.29, 0.717) is 0 Å². The van der Waals surface area contributed by atoms with Crippen LogP contribution in [0.4, 0.5) is 0 Å². The minimum absolute atomic E-state index is 0.786. The van der Waals surface area contributed by atoms with E-state index in [1.165, 1.54) is 38.5 Å². The smallest absolute Gasteiger partial charge is 0.0854 e. The molecule has 0 saturated heterocycles. The summed E-state index contributed by atoms with van der Waals surface area (Å²) in [5, 5.41) is 0.786. The van der Waals surface area contributed by atoms with E-state index in [1.807, 2.05) is 0 Å². The molecule has 0 heterocycles. The molecule has 0 nitrogen and oxygen atoms in total. The first-order valence-corrected chi connectivity index (χ1v) is 6.17. The van der Waals surface area contributed by atoms with Gasteiger partial charge in [0.15, 0.2) is 0 Å². The minimum atomic E-state index is 0.786. The van der Waals surface area contributed by atoms with Crippen LogP contribution < -0.4 is 0 Å². The highest BCUT2D eigenvalue weighted by Gasteiger charge is 2.50. The van der Waals surface area contributed by atoms with Gasteiger partial charge in [-0.2, -0.15) is 0 Å². The maximum atomic E-state index is 2.51. The van der Waals surface area contributed by atoms with Gasteiger partial charge in [0.05, 0.1) is 0 Å². The van der Waals surface area contributed by atoms with Gasteiger partial charge in [0, 0.05) is 0 Å². The Labute approximate surface area is 83.6 Å². The van der Waals surface area contributed by atoms with Gasteiger partial charge in [-0.3, -0.25) is 0 Å². The molecule has 0 unspecified atom stereocenters. The molecule has 0 aliphatic heterocycles. The van der Waals surface area contributed by atoms with Crippen molar-refractivity contribution in [2.24, 2.45) is 5.92 Å². The molecule has 0 atom stereocenters. The third-order valence-corrected chi connectivity index (χ3v) is 5.11. The molecule has 0 aromatic rings. The number of hydrogen-bond donors (Lipinski definition) is 0. The highest BCUT2D eigenvalue weighted by Crippen LogP contribution is 2.62. The molecule has 2 rings (SSSR count). The summed E-state index contributed by atoms with van der Waals surface area (Å²) in [5.41, 5.74) is 0. The van der Waals surface area contributed by atoms with Crippen molar-refractivity contribution in [3.05, 3.63) is 0 Å². The molecule has 0 aromatic carbocycles. The van der Waals surface area contributed by atoms with Crippen molar-refractivity contribution in [1.29, 1.82) is 0 Å². The summed E-state index contributed by atoms with van der Waals surface area (Å²) in [6.07, 6.45) is 9.19. The van der Waals surface area contributed by atoms with E-state index in [4.69, 9.17) is 0 Å². The third kappa shape index (κ3) is 1.35. The van der Waals surface area contributed by atoms with Crippen molar-refractivity contribution in [1.82, 2.24) is 0 Å². The lowest BCUT2D eigenvalue weighted by molar-refractivity contribution is 0.461. The first-order chi connectivity index (χ1) is 6.17. The molecular formula is C12H23B. The van der Waals surface area contributed by atoms with Gasteiger partial charge in [-0.05, 0) is 11.2 Å². The van der Waals surface area contributed by atoms with Crippen LogP contribution in [-0.2, 0) is 0 Å². The van der Waals surface area contributed by atoms with Crippen LogP contribution >= 0.6 is 0 Å². The second kappa shape index (κ2) is 3.33. The summed E-state index contributed by atoms with van der Waals surface area (Å²) in [6.45, 7) is 8.29. The lowest BCUT2D eigenvalue weighted by Crippen LogP contribution is -2.32. The zero-order chi connectivity index (χ0) is 9.47. The lowest BCUT2D eigenvalue weighted by Gasteiger charge is -2.36. The van der Waals surface area contributed by atoms with Gasteiger partial charge in [-0.15, -0.1) is 0 Å². The van der Waals surface area contributed by atoms with E-state index in [-0.39, 0.29) is 0 Å². The largest absolute Gasteiger partial charge is 0.146 e. The Morgan fingerprint density at radius 2 is 1.69 bits per heavy atom. The first-order valence-electron chi connectivity index (χ1n) is 6.17. The fourth-order valence-corrected chi connectivity index (χ4v) is 4.10. The van der Waals surface area contributed by atoms with Crippen LogP contribution in [0.2, 0.25) is 18.0 Å². The summed E-state index contributed by atoms with van der Waals surface area (Å²) in [5.74, 6) is 1.99. The maximum absolute atomic E-state index is 2.51. The van der Waals surface area contributed by atoms with E-state index in [0.717, 1.165) is 23.8 Å². The van der Waals surface area contributed by atoms with Gasteiger partial charge in [0.25, 0.3) is 0 Å². The summed E-state index contributed by atoms with van der Waals surface area (Å²) in [4.78, 5) is 0. The fourth-order valence-electron chi connectivity index (χ4n) is 4.10. The van der Waals surface area contributed by atoms with Crippen LogP contribution in [0.15, 0.2) is 0 Å². The number of rotatable bonds is 2. The first kappa shape index (κ1) is 9.61. The Morgan fingerprint density at radius 1 is 1.15 bits per heavy atom. The maximum Gasteiger partial charge on any atom is 0.146 e. The quantitative estimate of drug-likeness (QED) is 0.554. The molecule has 0 spiro atoms. The van der Waals surface area contributed by atoms with Gasteiger partial charge in [0.2, 0.25) is 0 Å². The van der Waals surface area contributed by atoms with Gasteiger partial charge in [-0.1, -0.05) is 65.0 Å². The second-order valence-electron chi connectivity index (χ2n) is 5.75. The van der Waals surface area contributed by atoms with Crippen LogP contribution in [0, 0.1) is 5.92 Å². The summed E-state index contributed by atoms with van der Waals surface area (Å²) < 4.78 is 0. The molecule has 2 saturated carbocycles. The van der Waals surface area contributed by atoms with E-state index in [1.54, 1.807) is 0 Å². The highest BCUT2D eigenvalue weighted by molar-refractivity contribution is 6.62. The normalized spacial score (nSPS) is 38.3. The van der Waals surface area contributed by atoms with Gasteiger partial charge in [0.1, 0.15) is 6.71 Å². The number of hydrogen-bond acceptors (Lipinski definition) is 0. The van der Waals surface area contributed by atoms with Gasteiger partial charge >= 0.3 is 0 Å². The lowest BCUT2D eigenvalue weighted by atomic mass is 9.27. The molecule has 0 bridgehead atoms. The Bertz CT molecular complexity index is 176. The Hall–Kier alpha value is 0.0649. The molecule has 2 fully saturated rings. The van der Waals surface area contributed by atoms with E-state index < -0.39 is 0 Å².